The Morgan fingerprint density at radius 3 is 2.14 bits per heavy atom. The van der Waals surface area contributed by atoms with Crippen molar-refractivity contribution in [2.45, 2.75) is 63.9 Å². The molecule has 0 unspecified atom stereocenters. The Kier molecular flexibility index (Phi) is 5.95. The maximum atomic E-state index is 12.5. The van der Waals surface area contributed by atoms with Crippen LogP contribution in [0.4, 0.5) is 0 Å². The summed E-state index contributed by atoms with van der Waals surface area (Å²) in [5, 5.41) is 14.6. The first-order chi connectivity index (χ1) is 9.67. The van der Waals surface area contributed by atoms with Crippen LogP contribution in [0.3, 0.4) is 0 Å². The Morgan fingerprint density at radius 1 is 1.24 bits per heavy atom. The number of hydrogen-bond acceptors (Lipinski definition) is 4. The molecule has 0 aliphatic carbocycles. The molecule has 0 saturated heterocycles. The van der Waals surface area contributed by atoms with E-state index in [0.717, 1.165) is 12.8 Å². The molecule has 1 aromatic rings. The first kappa shape index (κ1) is 18.1. The summed E-state index contributed by atoms with van der Waals surface area (Å²) in [6.07, 6.45) is 2.77. The van der Waals surface area contributed by atoms with E-state index >= 15 is 0 Å². The zero-order chi connectivity index (χ0) is 16.3. The number of rotatable bonds is 8. The fourth-order valence-corrected chi connectivity index (χ4v) is 4.23. The molecule has 0 saturated carbocycles. The van der Waals surface area contributed by atoms with Crippen LogP contribution in [0.25, 0.3) is 0 Å². The molecule has 0 aliphatic heterocycles. The Labute approximate surface area is 127 Å². The van der Waals surface area contributed by atoms with Gasteiger partial charge in [-0.2, -0.15) is 5.10 Å². The molecule has 1 aromatic heterocycles. The second-order valence-electron chi connectivity index (χ2n) is 5.67. The molecule has 1 rings (SSSR count). The van der Waals surface area contributed by atoms with Crippen LogP contribution < -0.4 is 4.72 Å². The number of nitrogens with zero attached hydrogens (tertiary/aromatic N) is 2. The summed E-state index contributed by atoms with van der Waals surface area (Å²) in [7, 11) is -1.95. The molecule has 0 aliphatic rings. The largest absolute Gasteiger partial charge is 0.389 e. The van der Waals surface area contributed by atoms with Gasteiger partial charge in [0.15, 0.2) is 0 Å². The standard InChI is InChI=1S/C14H27N3O3S/c1-6-8-14(18,9-7-2)10-15-21(19,20)13-11(3)16-17(5)12(13)4/h15,18H,6-10H2,1-5H3. The first-order valence-corrected chi connectivity index (χ1v) is 8.87. The lowest BCUT2D eigenvalue weighted by Gasteiger charge is -2.27. The van der Waals surface area contributed by atoms with Gasteiger partial charge in [0.1, 0.15) is 4.90 Å². The number of aryl methyl sites for hydroxylation is 2. The lowest BCUT2D eigenvalue weighted by Crippen LogP contribution is -2.43. The van der Waals surface area contributed by atoms with E-state index in [2.05, 4.69) is 9.82 Å². The molecule has 0 spiro atoms. The Hall–Kier alpha value is -0.920. The molecule has 21 heavy (non-hydrogen) atoms. The van der Waals surface area contributed by atoms with E-state index in [9.17, 15) is 13.5 Å². The molecule has 0 atom stereocenters. The van der Waals surface area contributed by atoms with Crippen molar-refractivity contribution in [3.8, 4) is 0 Å². The topological polar surface area (TPSA) is 84.2 Å². The van der Waals surface area contributed by atoms with Crippen molar-refractivity contribution in [1.29, 1.82) is 0 Å². The van der Waals surface area contributed by atoms with Crippen molar-refractivity contribution in [1.82, 2.24) is 14.5 Å². The van der Waals surface area contributed by atoms with Crippen molar-refractivity contribution in [3.63, 3.8) is 0 Å². The van der Waals surface area contributed by atoms with Gasteiger partial charge < -0.3 is 5.11 Å². The van der Waals surface area contributed by atoms with Gasteiger partial charge in [0.2, 0.25) is 10.0 Å². The molecule has 122 valence electrons. The molecule has 0 bridgehead atoms. The summed E-state index contributed by atoms with van der Waals surface area (Å²) in [4.78, 5) is 0.209. The lowest BCUT2D eigenvalue weighted by molar-refractivity contribution is 0.0266. The van der Waals surface area contributed by atoms with Gasteiger partial charge >= 0.3 is 0 Å². The Balaban J connectivity index is 2.95. The van der Waals surface area contributed by atoms with Crippen LogP contribution in [0.2, 0.25) is 0 Å². The van der Waals surface area contributed by atoms with Gasteiger partial charge in [0.25, 0.3) is 0 Å². The van der Waals surface area contributed by atoms with Crippen molar-refractivity contribution in [3.05, 3.63) is 11.4 Å². The van der Waals surface area contributed by atoms with Crippen molar-refractivity contribution in [2.24, 2.45) is 7.05 Å². The van der Waals surface area contributed by atoms with Gasteiger partial charge in [-0.25, -0.2) is 13.1 Å². The van der Waals surface area contributed by atoms with Gasteiger partial charge in [-0.05, 0) is 26.7 Å². The summed E-state index contributed by atoms with van der Waals surface area (Å²) in [5.74, 6) is 0. The molecule has 0 aromatic carbocycles. The second-order valence-corrected chi connectivity index (χ2v) is 7.38. The molecule has 0 amide bonds. The average Bonchev–Trinajstić information content (AvgIpc) is 2.62. The summed E-state index contributed by atoms with van der Waals surface area (Å²) in [6.45, 7) is 7.38. The number of aliphatic hydroxyl groups is 1. The number of aromatic nitrogens is 2. The third kappa shape index (κ3) is 4.28. The van der Waals surface area contributed by atoms with Crippen LogP contribution in [0.5, 0.6) is 0 Å². The monoisotopic (exact) mass is 317 g/mol. The van der Waals surface area contributed by atoms with Crippen LogP contribution in [-0.4, -0.2) is 35.5 Å². The second kappa shape index (κ2) is 6.89. The van der Waals surface area contributed by atoms with Crippen LogP contribution in [-0.2, 0) is 17.1 Å². The lowest BCUT2D eigenvalue weighted by atomic mass is 9.93. The van der Waals surface area contributed by atoms with E-state index in [-0.39, 0.29) is 11.4 Å². The third-order valence-corrected chi connectivity index (χ3v) is 5.39. The number of sulfonamides is 1. The Bertz CT molecular complexity index is 573. The average molecular weight is 317 g/mol. The molecule has 2 N–H and O–H groups in total. The highest BCUT2D eigenvalue weighted by molar-refractivity contribution is 7.89. The quantitative estimate of drug-likeness (QED) is 0.763. The molecule has 7 heteroatoms. The summed E-state index contributed by atoms with van der Waals surface area (Å²) < 4.78 is 29.0. The van der Waals surface area contributed by atoms with E-state index in [1.54, 1.807) is 25.6 Å². The smallest absolute Gasteiger partial charge is 0.244 e. The highest BCUT2D eigenvalue weighted by atomic mass is 32.2. The maximum Gasteiger partial charge on any atom is 0.244 e. The van der Waals surface area contributed by atoms with Crippen LogP contribution in [0.1, 0.15) is 50.9 Å². The predicted molar refractivity (Wildman–Crippen MR) is 82.6 cm³/mol. The predicted octanol–water partition coefficient (Wildman–Crippen LogP) is 1.65. The van der Waals surface area contributed by atoms with E-state index in [1.165, 1.54) is 0 Å². The minimum Gasteiger partial charge on any atom is -0.389 e. The van der Waals surface area contributed by atoms with Crippen LogP contribution in [0, 0.1) is 13.8 Å². The third-order valence-electron chi connectivity index (χ3n) is 3.73. The number of nitrogens with one attached hydrogen (secondary N) is 1. The van der Waals surface area contributed by atoms with Gasteiger partial charge in [-0.1, -0.05) is 26.7 Å². The molecule has 6 nitrogen and oxygen atoms in total. The minimum absolute atomic E-state index is 0.0325. The van der Waals surface area contributed by atoms with Gasteiger partial charge in [-0.15, -0.1) is 0 Å². The highest BCUT2D eigenvalue weighted by Crippen LogP contribution is 2.22. The van der Waals surface area contributed by atoms with Crippen LogP contribution in [0.15, 0.2) is 4.90 Å². The SMILES string of the molecule is CCCC(O)(CCC)CNS(=O)(=O)c1c(C)nn(C)c1C. The zero-order valence-corrected chi connectivity index (χ0v) is 14.4. The molecule has 0 radical (unpaired) electrons. The normalized spacial score (nSPS) is 12.9. The highest BCUT2D eigenvalue weighted by Gasteiger charge is 2.30. The maximum absolute atomic E-state index is 12.5. The van der Waals surface area contributed by atoms with Crippen molar-refractivity contribution in [2.75, 3.05) is 6.54 Å². The van der Waals surface area contributed by atoms with E-state index in [1.807, 2.05) is 13.8 Å². The van der Waals surface area contributed by atoms with E-state index in [0.29, 0.717) is 24.2 Å². The molecule has 0 fully saturated rings. The first-order valence-electron chi connectivity index (χ1n) is 7.39. The van der Waals surface area contributed by atoms with Crippen molar-refractivity contribution < 1.29 is 13.5 Å². The minimum atomic E-state index is -3.66. The van der Waals surface area contributed by atoms with Gasteiger partial charge in [-0.3, -0.25) is 4.68 Å². The summed E-state index contributed by atoms with van der Waals surface area (Å²) in [5.41, 5.74) is 0.0761. The fourth-order valence-electron chi connectivity index (χ4n) is 2.68. The number of hydrogen-bond donors (Lipinski definition) is 2. The summed E-state index contributed by atoms with van der Waals surface area (Å²) in [6, 6.07) is 0. The van der Waals surface area contributed by atoms with Gasteiger partial charge in [0.05, 0.1) is 17.0 Å². The molecule has 1 heterocycles. The molecular formula is C14H27N3O3S. The summed E-state index contributed by atoms with van der Waals surface area (Å²) >= 11 is 0. The van der Waals surface area contributed by atoms with Crippen molar-refractivity contribution >= 4 is 10.0 Å². The van der Waals surface area contributed by atoms with Gasteiger partial charge in [0, 0.05) is 13.6 Å². The Morgan fingerprint density at radius 2 is 1.76 bits per heavy atom. The van der Waals surface area contributed by atoms with Crippen LogP contribution >= 0.6 is 0 Å². The van der Waals surface area contributed by atoms with E-state index < -0.39 is 15.6 Å². The zero-order valence-electron chi connectivity index (χ0n) is 13.6. The van der Waals surface area contributed by atoms with E-state index in [4.69, 9.17) is 0 Å². The fraction of sp³-hybridized carbons (Fsp3) is 0.786. The molecular weight excluding hydrogens is 290 g/mol.